The summed E-state index contributed by atoms with van der Waals surface area (Å²) in [5.41, 5.74) is 9.52. The number of hydrogen-bond acceptors (Lipinski definition) is 4. The molecule has 0 aliphatic rings. The molecule has 0 radical (unpaired) electrons. The van der Waals surface area contributed by atoms with Crippen LogP contribution in [0.1, 0.15) is 25.7 Å². The number of nitrogens with one attached hydrogen (secondary N) is 1. The monoisotopic (exact) mass is 455 g/mol. The fourth-order valence-electron chi connectivity index (χ4n) is 4.08. The van der Waals surface area contributed by atoms with Crippen LogP contribution in [0.5, 0.6) is 5.75 Å². The van der Waals surface area contributed by atoms with Crippen molar-refractivity contribution in [3.05, 3.63) is 89.2 Å². The average Bonchev–Trinajstić information content (AvgIpc) is 2.86. The first-order valence-electron chi connectivity index (χ1n) is 11.5. The molecule has 0 saturated carbocycles. The number of anilines is 2. The summed E-state index contributed by atoms with van der Waals surface area (Å²) in [4.78, 5) is 25.6. The minimum Gasteiger partial charge on any atom is -0.497 e. The third kappa shape index (κ3) is 5.29. The maximum absolute atomic E-state index is 13.4. The first kappa shape index (κ1) is 23.1. The van der Waals surface area contributed by atoms with E-state index in [0.717, 1.165) is 41.5 Å². The normalized spacial score (nSPS) is 10.9. The molecule has 1 amide bonds. The van der Waals surface area contributed by atoms with Gasteiger partial charge in [-0.25, -0.2) is 0 Å². The zero-order valence-corrected chi connectivity index (χ0v) is 19.3. The van der Waals surface area contributed by atoms with Crippen LogP contribution >= 0.6 is 0 Å². The number of unbranched alkanes of at least 4 members (excludes halogenated alkanes) is 2. The molecule has 6 heteroatoms. The highest BCUT2D eigenvalue weighted by Gasteiger charge is 2.11. The molecule has 174 valence electrons. The number of carbonyl (C=O) groups excluding carboxylic acids is 1. The van der Waals surface area contributed by atoms with Crippen LogP contribution < -0.4 is 21.3 Å². The zero-order chi connectivity index (χ0) is 23.9. The van der Waals surface area contributed by atoms with Gasteiger partial charge in [-0.1, -0.05) is 48.9 Å². The van der Waals surface area contributed by atoms with Gasteiger partial charge < -0.3 is 20.4 Å². The minimum absolute atomic E-state index is 0.0128. The van der Waals surface area contributed by atoms with Gasteiger partial charge in [-0.3, -0.25) is 9.59 Å². The molecule has 1 aromatic heterocycles. The van der Waals surface area contributed by atoms with Gasteiger partial charge in [0.05, 0.1) is 24.0 Å². The number of carbonyl (C=O) groups is 1. The number of fused-ring (bicyclic) bond motifs is 1. The van der Waals surface area contributed by atoms with Crippen LogP contribution in [0.2, 0.25) is 0 Å². The summed E-state index contributed by atoms with van der Waals surface area (Å²) >= 11 is 0. The Labute approximate surface area is 199 Å². The molecule has 1 heterocycles. The Morgan fingerprint density at radius 1 is 0.941 bits per heavy atom. The number of aromatic nitrogens is 1. The summed E-state index contributed by atoms with van der Waals surface area (Å²) in [6, 6.07) is 24.7. The van der Waals surface area contributed by atoms with E-state index in [1.807, 2.05) is 71.3 Å². The van der Waals surface area contributed by atoms with Crippen molar-refractivity contribution in [2.45, 2.75) is 32.2 Å². The van der Waals surface area contributed by atoms with E-state index in [-0.39, 0.29) is 11.5 Å². The lowest BCUT2D eigenvalue weighted by Crippen LogP contribution is -2.22. The van der Waals surface area contributed by atoms with E-state index in [9.17, 15) is 9.59 Å². The van der Waals surface area contributed by atoms with Crippen molar-refractivity contribution in [3.63, 3.8) is 0 Å². The molecule has 0 aliphatic carbocycles. The molecule has 0 saturated heterocycles. The SMILES string of the molecule is COc1ccc(-c2cc3ccccc3n(CCCCCC(=O)Nc3ccccc3N)c2=O)cc1. The lowest BCUT2D eigenvalue weighted by molar-refractivity contribution is -0.116. The van der Waals surface area contributed by atoms with Crippen molar-refractivity contribution in [2.75, 3.05) is 18.2 Å². The van der Waals surface area contributed by atoms with Gasteiger partial charge in [0.15, 0.2) is 0 Å². The molecular weight excluding hydrogens is 426 g/mol. The van der Waals surface area contributed by atoms with Crippen LogP contribution in [-0.4, -0.2) is 17.6 Å². The van der Waals surface area contributed by atoms with Crippen LogP contribution in [-0.2, 0) is 11.3 Å². The number of ether oxygens (including phenoxy) is 1. The lowest BCUT2D eigenvalue weighted by Gasteiger charge is -2.13. The molecule has 0 atom stereocenters. The maximum Gasteiger partial charge on any atom is 0.258 e. The number of nitrogens with zero attached hydrogens (tertiary/aromatic N) is 1. The Kier molecular flexibility index (Phi) is 7.28. The topological polar surface area (TPSA) is 86.3 Å². The molecule has 3 aromatic carbocycles. The number of nitrogen functional groups attached to an aromatic ring is 1. The molecule has 4 rings (SSSR count). The number of nitrogens with two attached hydrogens (primary N) is 1. The zero-order valence-electron chi connectivity index (χ0n) is 19.3. The third-order valence-electron chi connectivity index (χ3n) is 5.92. The molecule has 3 N–H and O–H groups in total. The van der Waals surface area contributed by atoms with Gasteiger partial charge in [-0.15, -0.1) is 0 Å². The van der Waals surface area contributed by atoms with E-state index in [1.165, 1.54) is 0 Å². The number of pyridine rings is 1. The second-order valence-corrected chi connectivity index (χ2v) is 8.25. The van der Waals surface area contributed by atoms with Crippen molar-refractivity contribution < 1.29 is 9.53 Å². The number of rotatable bonds is 9. The lowest BCUT2D eigenvalue weighted by atomic mass is 10.0. The molecule has 0 unspecified atom stereocenters. The first-order valence-corrected chi connectivity index (χ1v) is 11.5. The highest BCUT2D eigenvalue weighted by molar-refractivity contribution is 5.93. The van der Waals surface area contributed by atoms with Crippen LogP contribution in [0.15, 0.2) is 83.7 Å². The summed E-state index contributed by atoms with van der Waals surface area (Å²) in [7, 11) is 1.62. The number of methoxy groups -OCH3 is 1. The van der Waals surface area contributed by atoms with Crippen molar-refractivity contribution in [1.82, 2.24) is 4.57 Å². The number of hydrogen-bond donors (Lipinski definition) is 2. The van der Waals surface area contributed by atoms with Gasteiger partial charge in [0.25, 0.3) is 5.56 Å². The van der Waals surface area contributed by atoms with Crippen LogP contribution in [0.25, 0.3) is 22.0 Å². The fourth-order valence-corrected chi connectivity index (χ4v) is 4.08. The molecule has 4 aromatic rings. The van der Waals surface area contributed by atoms with Crippen LogP contribution in [0.3, 0.4) is 0 Å². The second-order valence-electron chi connectivity index (χ2n) is 8.25. The van der Waals surface area contributed by atoms with E-state index in [2.05, 4.69) is 5.32 Å². The molecular formula is C28H29N3O3. The smallest absolute Gasteiger partial charge is 0.258 e. The van der Waals surface area contributed by atoms with E-state index in [1.54, 1.807) is 19.2 Å². The summed E-state index contributed by atoms with van der Waals surface area (Å²) in [6.45, 7) is 0.594. The van der Waals surface area contributed by atoms with Gasteiger partial charge in [0.1, 0.15) is 5.75 Å². The van der Waals surface area contributed by atoms with Gasteiger partial charge in [-0.05, 0) is 60.2 Å². The van der Waals surface area contributed by atoms with E-state index in [0.29, 0.717) is 29.9 Å². The number of para-hydroxylation sites is 3. The van der Waals surface area contributed by atoms with E-state index in [4.69, 9.17) is 10.5 Å². The first-order chi connectivity index (χ1) is 16.6. The summed E-state index contributed by atoms with van der Waals surface area (Å²) in [5, 5.41) is 3.88. The highest BCUT2D eigenvalue weighted by atomic mass is 16.5. The van der Waals surface area contributed by atoms with Crippen molar-refractivity contribution in [3.8, 4) is 16.9 Å². The molecule has 0 bridgehead atoms. The minimum atomic E-state index is -0.0537. The van der Waals surface area contributed by atoms with Crippen molar-refractivity contribution >= 4 is 28.2 Å². The maximum atomic E-state index is 13.4. The molecule has 6 nitrogen and oxygen atoms in total. The number of aryl methyl sites for hydroxylation is 1. The quantitative estimate of drug-likeness (QED) is 0.259. The number of benzene rings is 3. The van der Waals surface area contributed by atoms with Gasteiger partial charge in [0, 0.05) is 18.5 Å². The Morgan fingerprint density at radius 2 is 1.68 bits per heavy atom. The molecule has 0 fully saturated rings. The third-order valence-corrected chi connectivity index (χ3v) is 5.92. The average molecular weight is 456 g/mol. The Hall–Kier alpha value is -4.06. The van der Waals surface area contributed by atoms with Gasteiger partial charge >= 0.3 is 0 Å². The van der Waals surface area contributed by atoms with Crippen LogP contribution in [0, 0.1) is 0 Å². The van der Waals surface area contributed by atoms with Crippen molar-refractivity contribution in [2.24, 2.45) is 0 Å². The molecule has 0 aliphatic heterocycles. The Balaban J connectivity index is 1.43. The standard InChI is InChI=1S/C28H29N3O3/c1-34-22-16-14-20(15-17-22)23-19-21-9-4-7-12-26(21)31(28(23)33)18-8-2-3-13-27(32)30-25-11-6-5-10-24(25)29/h4-7,9-12,14-17,19H,2-3,8,13,18,29H2,1H3,(H,30,32). The fraction of sp³-hybridized carbons (Fsp3) is 0.214. The van der Waals surface area contributed by atoms with E-state index >= 15 is 0 Å². The largest absolute Gasteiger partial charge is 0.497 e. The van der Waals surface area contributed by atoms with Crippen molar-refractivity contribution in [1.29, 1.82) is 0 Å². The Bertz CT molecular complexity index is 1340. The predicted octanol–water partition coefficient (Wildman–Crippen LogP) is 5.46. The van der Waals surface area contributed by atoms with Gasteiger partial charge in [-0.2, -0.15) is 0 Å². The second kappa shape index (κ2) is 10.7. The Morgan fingerprint density at radius 3 is 2.44 bits per heavy atom. The van der Waals surface area contributed by atoms with Crippen LogP contribution in [0.4, 0.5) is 11.4 Å². The highest BCUT2D eigenvalue weighted by Crippen LogP contribution is 2.24. The summed E-state index contributed by atoms with van der Waals surface area (Å²) < 4.78 is 7.09. The van der Waals surface area contributed by atoms with Gasteiger partial charge in [0.2, 0.25) is 5.91 Å². The summed E-state index contributed by atoms with van der Waals surface area (Å²) in [6.07, 6.45) is 2.79. The summed E-state index contributed by atoms with van der Waals surface area (Å²) in [5.74, 6) is 0.700. The van der Waals surface area contributed by atoms with E-state index < -0.39 is 0 Å². The molecule has 0 spiro atoms. The number of amides is 1. The predicted molar refractivity (Wildman–Crippen MR) is 138 cm³/mol. The molecule has 34 heavy (non-hydrogen) atoms.